The predicted octanol–water partition coefficient (Wildman–Crippen LogP) is 2.54. The number of aromatic nitrogens is 2. The first kappa shape index (κ1) is 17.2. The van der Waals surface area contributed by atoms with Crippen molar-refractivity contribution in [1.29, 1.82) is 0 Å². The first-order valence-electron chi connectivity index (χ1n) is 7.13. The van der Waals surface area contributed by atoms with Crippen LogP contribution in [0.2, 0.25) is 5.02 Å². The monoisotopic (exact) mass is 384 g/mol. The smallest absolute Gasteiger partial charge is 0.181 e. The maximum atomic E-state index is 12.9. The fraction of sp³-hybridized carbons (Fsp3) is 0.333. The Kier molecular flexibility index (Phi) is 4.54. The van der Waals surface area contributed by atoms with Crippen LogP contribution in [0.25, 0.3) is 0 Å². The average Bonchev–Trinajstić information content (AvgIpc) is 3.23. The SMILES string of the molecule is CS(=O)(=O)c1ccc(C(=O)C(C(=O)C2CC2)c2ncns2)c(Cl)c1. The Balaban J connectivity index is 2.00. The largest absolute Gasteiger partial charge is 0.298 e. The fourth-order valence-electron chi connectivity index (χ4n) is 2.36. The molecule has 0 amide bonds. The number of nitrogens with zero attached hydrogens (tertiary/aromatic N) is 2. The maximum absolute atomic E-state index is 12.9. The molecule has 2 aromatic rings. The van der Waals surface area contributed by atoms with E-state index in [2.05, 4.69) is 9.36 Å². The molecule has 0 bridgehead atoms. The summed E-state index contributed by atoms with van der Waals surface area (Å²) in [6.45, 7) is 0. The fourth-order valence-corrected chi connectivity index (χ4v) is 3.97. The van der Waals surface area contributed by atoms with E-state index >= 15 is 0 Å². The molecule has 1 saturated carbocycles. The summed E-state index contributed by atoms with van der Waals surface area (Å²) in [4.78, 5) is 29.4. The molecule has 24 heavy (non-hydrogen) atoms. The van der Waals surface area contributed by atoms with Crippen LogP contribution in [0.15, 0.2) is 29.4 Å². The molecule has 1 aromatic heterocycles. The Hall–Kier alpha value is -1.64. The van der Waals surface area contributed by atoms with E-state index in [9.17, 15) is 18.0 Å². The first-order chi connectivity index (χ1) is 11.3. The molecule has 1 fully saturated rings. The lowest BCUT2D eigenvalue weighted by atomic mass is 9.92. The molecule has 1 atom stereocenters. The van der Waals surface area contributed by atoms with E-state index in [1.807, 2.05) is 0 Å². The number of halogens is 1. The molecule has 9 heteroatoms. The van der Waals surface area contributed by atoms with Crippen LogP contribution in [-0.4, -0.2) is 35.6 Å². The lowest BCUT2D eigenvalue weighted by molar-refractivity contribution is -0.120. The van der Waals surface area contributed by atoms with Crippen LogP contribution in [0.4, 0.5) is 0 Å². The zero-order chi connectivity index (χ0) is 17.5. The highest BCUT2D eigenvalue weighted by molar-refractivity contribution is 7.90. The third kappa shape index (κ3) is 3.40. The number of hydrogen-bond acceptors (Lipinski definition) is 7. The van der Waals surface area contributed by atoms with E-state index in [-0.39, 0.29) is 27.2 Å². The zero-order valence-corrected chi connectivity index (χ0v) is 15.0. The van der Waals surface area contributed by atoms with Crippen LogP contribution in [0, 0.1) is 5.92 Å². The highest BCUT2D eigenvalue weighted by atomic mass is 35.5. The highest BCUT2D eigenvalue weighted by Gasteiger charge is 2.41. The molecule has 3 rings (SSSR count). The van der Waals surface area contributed by atoms with Gasteiger partial charge in [-0.25, -0.2) is 13.4 Å². The molecule has 1 heterocycles. The molecular weight excluding hydrogens is 372 g/mol. The number of carbonyl (C=O) groups excluding carboxylic acids is 2. The zero-order valence-electron chi connectivity index (χ0n) is 12.6. The highest BCUT2D eigenvalue weighted by Crippen LogP contribution is 2.38. The second-order valence-electron chi connectivity index (χ2n) is 5.67. The van der Waals surface area contributed by atoms with Crippen LogP contribution in [0.3, 0.4) is 0 Å². The molecule has 0 N–H and O–H groups in total. The van der Waals surface area contributed by atoms with Crippen LogP contribution < -0.4 is 0 Å². The minimum atomic E-state index is -3.43. The number of rotatable bonds is 6. The maximum Gasteiger partial charge on any atom is 0.181 e. The summed E-state index contributed by atoms with van der Waals surface area (Å²) < 4.78 is 27.0. The number of Topliss-reactive ketones (excluding diaryl/α,β-unsaturated/α-hetero) is 2. The van der Waals surface area contributed by atoms with E-state index in [0.29, 0.717) is 5.01 Å². The summed E-state index contributed by atoms with van der Waals surface area (Å²) in [5.74, 6) is -1.82. The lowest BCUT2D eigenvalue weighted by Gasteiger charge is -2.13. The molecule has 1 unspecified atom stereocenters. The molecule has 0 spiro atoms. The summed E-state index contributed by atoms with van der Waals surface area (Å²) >= 11 is 7.11. The standard InChI is InChI=1S/C15H13ClN2O4S2/c1-24(21,22)9-4-5-10(11(16)6-9)14(20)12(13(19)8-2-3-8)15-17-7-18-23-15/h4-8,12H,2-3H2,1H3. The van der Waals surface area contributed by atoms with Gasteiger partial charge in [0.05, 0.1) is 9.92 Å². The van der Waals surface area contributed by atoms with Crippen molar-refractivity contribution in [3.05, 3.63) is 40.1 Å². The van der Waals surface area contributed by atoms with Crippen molar-refractivity contribution in [3.63, 3.8) is 0 Å². The van der Waals surface area contributed by atoms with Crippen molar-refractivity contribution in [2.45, 2.75) is 23.7 Å². The summed E-state index contributed by atoms with van der Waals surface area (Å²) in [5, 5.41) is 0.334. The van der Waals surface area contributed by atoms with Gasteiger partial charge in [0, 0.05) is 17.7 Å². The average molecular weight is 385 g/mol. The minimum absolute atomic E-state index is 0.000960. The first-order valence-corrected chi connectivity index (χ1v) is 10.2. The second kappa shape index (κ2) is 6.34. The van der Waals surface area contributed by atoms with Gasteiger partial charge in [-0.1, -0.05) is 11.6 Å². The van der Waals surface area contributed by atoms with E-state index in [4.69, 9.17) is 11.6 Å². The third-order valence-corrected chi connectivity index (χ3v) is 5.94. The van der Waals surface area contributed by atoms with Gasteiger partial charge in [0.15, 0.2) is 21.4 Å². The third-order valence-electron chi connectivity index (χ3n) is 3.79. The van der Waals surface area contributed by atoms with Crippen molar-refractivity contribution >= 4 is 44.5 Å². The van der Waals surface area contributed by atoms with E-state index in [1.165, 1.54) is 24.5 Å². The van der Waals surface area contributed by atoms with Crippen LogP contribution in [0.5, 0.6) is 0 Å². The predicted molar refractivity (Wildman–Crippen MR) is 89.3 cm³/mol. The summed E-state index contributed by atoms with van der Waals surface area (Å²) in [5.41, 5.74) is 0.110. The second-order valence-corrected chi connectivity index (χ2v) is 8.90. The van der Waals surface area contributed by atoms with Crippen molar-refractivity contribution in [2.24, 2.45) is 5.92 Å². The molecule has 1 aromatic carbocycles. The number of benzene rings is 1. The van der Waals surface area contributed by atoms with Gasteiger partial charge in [0.2, 0.25) is 0 Å². The lowest BCUT2D eigenvalue weighted by Crippen LogP contribution is -2.24. The number of sulfone groups is 1. The van der Waals surface area contributed by atoms with Gasteiger partial charge >= 0.3 is 0 Å². The number of hydrogen-bond donors (Lipinski definition) is 0. The molecular formula is C15H13ClN2O4S2. The molecule has 1 aliphatic rings. The molecule has 126 valence electrons. The van der Waals surface area contributed by atoms with Gasteiger partial charge in [-0.3, -0.25) is 9.59 Å². The van der Waals surface area contributed by atoms with Crippen molar-refractivity contribution in [2.75, 3.05) is 6.26 Å². The van der Waals surface area contributed by atoms with E-state index in [1.54, 1.807) is 0 Å². The molecule has 1 aliphatic carbocycles. The van der Waals surface area contributed by atoms with E-state index in [0.717, 1.165) is 30.6 Å². The topological polar surface area (TPSA) is 94.1 Å². The molecule has 0 aliphatic heterocycles. The molecule has 0 saturated heterocycles. The Bertz CT molecular complexity index is 906. The quantitative estimate of drug-likeness (QED) is 0.561. The Morgan fingerprint density at radius 2 is 2.04 bits per heavy atom. The van der Waals surface area contributed by atoms with Crippen LogP contribution >= 0.6 is 23.1 Å². The van der Waals surface area contributed by atoms with Gasteiger partial charge in [-0.05, 0) is 42.6 Å². The summed E-state index contributed by atoms with van der Waals surface area (Å²) in [6, 6.07) is 3.88. The van der Waals surface area contributed by atoms with Crippen molar-refractivity contribution in [3.8, 4) is 0 Å². The van der Waals surface area contributed by atoms with Crippen LogP contribution in [-0.2, 0) is 14.6 Å². The number of ketones is 2. The van der Waals surface area contributed by atoms with Gasteiger partial charge in [0.1, 0.15) is 17.3 Å². The van der Waals surface area contributed by atoms with Crippen molar-refractivity contribution in [1.82, 2.24) is 9.36 Å². The molecule has 6 nitrogen and oxygen atoms in total. The molecule has 0 radical (unpaired) electrons. The van der Waals surface area contributed by atoms with E-state index < -0.39 is 21.5 Å². The number of carbonyl (C=O) groups is 2. The van der Waals surface area contributed by atoms with Gasteiger partial charge in [-0.2, -0.15) is 4.37 Å². The van der Waals surface area contributed by atoms with Crippen molar-refractivity contribution < 1.29 is 18.0 Å². The summed E-state index contributed by atoms with van der Waals surface area (Å²) in [7, 11) is -3.43. The normalized spacial score (nSPS) is 15.9. The van der Waals surface area contributed by atoms with Gasteiger partial charge in [0.25, 0.3) is 0 Å². The minimum Gasteiger partial charge on any atom is -0.298 e. The van der Waals surface area contributed by atoms with Crippen LogP contribution in [0.1, 0.15) is 34.1 Å². The van der Waals surface area contributed by atoms with Gasteiger partial charge in [-0.15, -0.1) is 0 Å². The summed E-state index contributed by atoms with van der Waals surface area (Å²) in [6.07, 6.45) is 3.89. The Morgan fingerprint density at radius 1 is 1.33 bits per heavy atom. The van der Waals surface area contributed by atoms with Gasteiger partial charge < -0.3 is 0 Å². The Morgan fingerprint density at radius 3 is 2.54 bits per heavy atom. The Labute approximate surface area is 148 Å².